The molecule has 2 aliphatic rings. The molecular weight excluding hydrogens is 853 g/mol. The van der Waals surface area contributed by atoms with Gasteiger partial charge in [-0.05, 0) is 51.4 Å². The fourth-order valence-corrected chi connectivity index (χ4v) is 7.50. The number of allylic oxidation sites excluding steroid dienone is 9. The Balaban J connectivity index is 1.87. The lowest BCUT2D eigenvalue weighted by atomic mass is 9.98. The molecule has 0 aromatic rings. The van der Waals surface area contributed by atoms with Crippen molar-refractivity contribution < 1.29 is 73.8 Å². The summed E-state index contributed by atoms with van der Waals surface area (Å²) in [6, 6.07) is 0. The number of ether oxygens (including phenoxy) is 6. The first kappa shape index (κ1) is 59.3. The van der Waals surface area contributed by atoms with Crippen LogP contribution >= 0.6 is 0 Å². The molecule has 66 heavy (non-hydrogen) atoms. The lowest BCUT2D eigenvalue weighted by Gasteiger charge is -2.42. The Morgan fingerprint density at radius 2 is 1.06 bits per heavy atom. The predicted octanol–water partition coefficient (Wildman–Crippen LogP) is 6.49. The molecule has 4 unspecified atom stereocenters. The van der Waals surface area contributed by atoms with E-state index in [9.17, 15) is 45.3 Å². The van der Waals surface area contributed by atoms with Gasteiger partial charge in [0.05, 0.1) is 19.8 Å². The number of esters is 2. The lowest BCUT2D eigenvalue weighted by molar-refractivity contribution is -0.332. The fraction of sp³-hybridized carbons (Fsp3) is 0.765. The number of aliphatic hydroxyl groups excluding tert-OH is 7. The third kappa shape index (κ3) is 26.1. The molecule has 15 heteroatoms. The number of hydrogen-bond donors (Lipinski definition) is 7. The van der Waals surface area contributed by atoms with Crippen LogP contribution in [0, 0.1) is 0 Å². The quantitative estimate of drug-likeness (QED) is 0.0116. The van der Waals surface area contributed by atoms with E-state index in [0.29, 0.717) is 6.42 Å². The molecule has 0 radical (unpaired) electrons. The molecule has 2 heterocycles. The molecule has 2 rings (SSSR count). The zero-order chi connectivity index (χ0) is 48.2. The van der Waals surface area contributed by atoms with E-state index in [0.717, 1.165) is 64.2 Å². The van der Waals surface area contributed by atoms with E-state index in [-0.39, 0.29) is 13.0 Å². The highest BCUT2D eigenvalue weighted by atomic mass is 16.7. The van der Waals surface area contributed by atoms with Gasteiger partial charge in [0, 0.05) is 12.5 Å². The summed E-state index contributed by atoms with van der Waals surface area (Å²) in [5.41, 5.74) is 0. The van der Waals surface area contributed by atoms with Crippen LogP contribution < -0.4 is 0 Å². The van der Waals surface area contributed by atoms with Crippen molar-refractivity contribution in [3.8, 4) is 0 Å². The van der Waals surface area contributed by atoms with Gasteiger partial charge in [-0.1, -0.05) is 152 Å². The van der Waals surface area contributed by atoms with Gasteiger partial charge >= 0.3 is 11.9 Å². The summed E-state index contributed by atoms with van der Waals surface area (Å²) in [4.78, 5) is 25.6. The molecule has 0 aliphatic carbocycles. The Morgan fingerprint density at radius 1 is 0.545 bits per heavy atom. The van der Waals surface area contributed by atoms with Crippen LogP contribution in [0.3, 0.4) is 0 Å². The standard InChI is InChI=1S/C51H86O15/c1-3-5-7-9-11-13-15-17-19-21-23-25-27-29-31-33-42(53)61-36-39(64-43(54)34-32-30-28-26-24-22-20-18-16-14-12-10-8-6-4-2)37-62-50-49(60)47(58)45(56)41(66-50)38-63-51-48(59)46(57)44(55)40(35-52)65-51/h6,8,12,14,18,20,27,29,31,33,39-41,44-52,55-60H,3-5,7,9-11,13,15-17,19,21-26,28,30,32,34-38H2,1-2H3/b8-6+,14-12+,20-18+,29-27+,33-31+/t39-,40-,41-,44+,45+,46?,47?,48?,49?,50-,51-/m1/s1. The molecule has 0 saturated carbocycles. The minimum absolute atomic E-state index is 0.124. The maximum absolute atomic E-state index is 13.0. The molecule has 2 saturated heterocycles. The van der Waals surface area contributed by atoms with Crippen molar-refractivity contribution >= 4 is 11.9 Å². The van der Waals surface area contributed by atoms with Crippen molar-refractivity contribution in [1.82, 2.24) is 0 Å². The van der Waals surface area contributed by atoms with Gasteiger partial charge in [0.1, 0.15) is 55.4 Å². The van der Waals surface area contributed by atoms with E-state index in [1.165, 1.54) is 70.3 Å². The molecule has 0 amide bonds. The molecule has 0 bridgehead atoms. The maximum Gasteiger partial charge on any atom is 0.330 e. The summed E-state index contributed by atoms with van der Waals surface area (Å²) in [6.07, 6.45) is 26.0. The molecule has 0 aromatic heterocycles. The zero-order valence-corrected chi connectivity index (χ0v) is 39.9. The number of rotatable bonds is 37. The lowest BCUT2D eigenvalue weighted by Crippen LogP contribution is -2.61. The molecule has 11 atom stereocenters. The largest absolute Gasteiger partial charge is 0.458 e. The van der Waals surface area contributed by atoms with Gasteiger partial charge in [-0.2, -0.15) is 0 Å². The Hall–Kier alpha value is -2.80. The van der Waals surface area contributed by atoms with Crippen molar-refractivity contribution in [2.45, 2.75) is 223 Å². The summed E-state index contributed by atoms with van der Waals surface area (Å²) in [5, 5.41) is 72.0. The first-order chi connectivity index (χ1) is 32.0. The minimum atomic E-state index is -1.78. The number of unbranched alkanes of at least 4 members (excludes halogenated alkanes) is 16. The average molecular weight is 939 g/mol. The third-order valence-corrected chi connectivity index (χ3v) is 11.6. The molecule has 2 fully saturated rings. The van der Waals surface area contributed by atoms with Crippen LogP contribution in [-0.4, -0.2) is 142 Å². The first-order valence-electron chi connectivity index (χ1n) is 24.9. The van der Waals surface area contributed by atoms with E-state index in [2.05, 4.69) is 50.3 Å². The highest BCUT2D eigenvalue weighted by Gasteiger charge is 2.47. The van der Waals surface area contributed by atoms with Crippen LogP contribution in [0.25, 0.3) is 0 Å². The summed E-state index contributed by atoms with van der Waals surface area (Å²) >= 11 is 0. The Kier molecular flexibility index (Phi) is 34.2. The van der Waals surface area contributed by atoms with Crippen molar-refractivity contribution in [2.75, 3.05) is 26.4 Å². The molecular formula is C51H86O15. The summed E-state index contributed by atoms with van der Waals surface area (Å²) in [5.74, 6) is -1.20. The van der Waals surface area contributed by atoms with E-state index in [1.54, 1.807) is 12.2 Å². The van der Waals surface area contributed by atoms with Crippen molar-refractivity contribution in [1.29, 1.82) is 0 Å². The van der Waals surface area contributed by atoms with Crippen LogP contribution in [0.1, 0.15) is 155 Å². The monoisotopic (exact) mass is 939 g/mol. The van der Waals surface area contributed by atoms with Gasteiger partial charge in [0.2, 0.25) is 0 Å². The Bertz CT molecular complexity index is 1380. The molecule has 0 spiro atoms. The van der Waals surface area contributed by atoms with Gasteiger partial charge in [0.15, 0.2) is 18.7 Å². The average Bonchev–Trinajstić information content (AvgIpc) is 3.31. The normalized spacial score (nSPS) is 26.7. The highest BCUT2D eigenvalue weighted by molar-refractivity contribution is 5.82. The van der Waals surface area contributed by atoms with E-state index in [4.69, 9.17) is 28.4 Å². The third-order valence-electron chi connectivity index (χ3n) is 11.6. The fourth-order valence-electron chi connectivity index (χ4n) is 7.50. The van der Waals surface area contributed by atoms with Crippen molar-refractivity contribution in [3.05, 3.63) is 60.8 Å². The number of carbonyl (C=O) groups excluding carboxylic acids is 2. The van der Waals surface area contributed by atoms with Crippen molar-refractivity contribution in [2.24, 2.45) is 0 Å². The van der Waals surface area contributed by atoms with Crippen LogP contribution in [0.15, 0.2) is 60.8 Å². The second-order valence-corrected chi connectivity index (χ2v) is 17.3. The van der Waals surface area contributed by atoms with E-state index in [1.807, 2.05) is 6.08 Å². The van der Waals surface area contributed by atoms with Crippen LogP contribution in [0.5, 0.6) is 0 Å². The summed E-state index contributed by atoms with van der Waals surface area (Å²) < 4.78 is 33.3. The smallest absolute Gasteiger partial charge is 0.330 e. The summed E-state index contributed by atoms with van der Waals surface area (Å²) in [7, 11) is 0. The van der Waals surface area contributed by atoms with E-state index < -0.39 is 99.3 Å². The highest BCUT2D eigenvalue weighted by Crippen LogP contribution is 2.26. The second-order valence-electron chi connectivity index (χ2n) is 17.3. The SMILES string of the molecule is CC/C=C/C/C=C/C/C=C/CCCCCCCC(=O)O[C@H](COC(=O)/C=C/C=C/CCCCCCCCCCCCC)CO[C@@H]1O[C@H](CO[C@@H]2O[C@H](CO)[C@H](O)C(O)C2O)[C@H](O)C(O)C1O. The topological polar surface area (TPSA) is 231 Å². The van der Waals surface area contributed by atoms with Crippen LogP contribution in [0.2, 0.25) is 0 Å². The Labute approximate surface area is 394 Å². The second kappa shape index (κ2) is 38.1. The molecule has 380 valence electrons. The van der Waals surface area contributed by atoms with Gasteiger partial charge in [-0.25, -0.2) is 4.79 Å². The van der Waals surface area contributed by atoms with Gasteiger partial charge in [-0.3, -0.25) is 4.79 Å². The van der Waals surface area contributed by atoms with E-state index >= 15 is 0 Å². The van der Waals surface area contributed by atoms with Gasteiger partial charge in [0.25, 0.3) is 0 Å². The number of aliphatic hydroxyl groups is 7. The van der Waals surface area contributed by atoms with Crippen LogP contribution in [-0.2, 0) is 38.0 Å². The van der Waals surface area contributed by atoms with Crippen molar-refractivity contribution in [3.63, 3.8) is 0 Å². The molecule has 2 aliphatic heterocycles. The van der Waals surface area contributed by atoms with Gasteiger partial charge < -0.3 is 64.2 Å². The maximum atomic E-state index is 13.0. The van der Waals surface area contributed by atoms with Crippen LogP contribution in [0.4, 0.5) is 0 Å². The number of carbonyl (C=O) groups is 2. The van der Waals surface area contributed by atoms with Gasteiger partial charge in [-0.15, -0.1) is 0 Å². The molecule has 0 aromatic carbocycles. The Morgan fingerprint density at radius 3 is 1.67 bits per heavy atom. The number of hydrogen-bond acceptors (Lipinski definition) is 15. The summed E-state index contributed by atoms with van der Waals surface area (Å²) in [6.45, 7) is 2.32. The zero-order valence-electron chi connectivity index (χ0n) is 39.9. The first-order valence-corrected chi connectivity index (χ1v) is 24.9. The predicted molar refractivity (Wildman–Crippen MR) is 252 cm³/mol. The molecule has 15 nitrogen and oxygen atoms in total. The minimum Gasteiger partial charge on any atom is -0.458 e. The molecule has 7 N–H and O–H groups in total.